The molecule has 4 nitrogen and oxygen atoms in total. The summed E-state index contributed by atoms with van der Waals surface area (Å²) in [4.78, 5) is 2.67. The van der Waals surface area contributed by atoms with E-state index in [2.05, 4.69) is 4.90 Å². The number of sulfone groups is 1. The van der Waals surface area contributed by atoms with E-state index in [4.69, 9.17) is 5.73 Å². The van der Waals surface area contributed by atoms with E-state index >= 15 is 0 Å². The highest BCUT2D eigenvalue weighted by molar-refractivity contribution is 7.95. The van der Waals surface area contributed by atoms with Crippen molar-refractivity contribution in [2.45, 2.75) is 24.2 Å². The fraction of sp³-hybridized carbons (Fsp3) is 0.429. The molecule has 19 heavy (non-hydrogen) atoms. The molecule has 1 fully saturated rings. The molecule has 0 aromatic heterocycles. The van der Waals surface area contributed by atoms with Gasteiger partial charge in [0.25, 0.3) is 0 Å². The zero-order valence-corrected chi connectivity index (χ0v) is 11.6. The molecule has 3 rings (SSSR count). The minimum atomic E-state index is -3.30. The molecule has 0 bridgehead atoms. The molecule has 102 valence electrons. The van der Waals surface area contributed by atoms with Crippen LogP contribution in [0.2, 0.25) is 0 Å². The fourth-order valence-corrected chi connectivity index (χ4v) is 4.41. The Kier molecular flexibility index (Phi) is 3.11. The van der Waals surface area contributed by atoms with E-state index in [1.807, 2.05) is 0 Å². The Morgan fingerprint density at radius 2 is 1.89 bits per heavy atom. The molecule has 1 saturated heterocycles. The standard InChI is InChI=1S/C14H18N2O2S/c15-12-5-4-6-13-14(12)11(10-19(13,17)18)9-16-7-2-1-3-8-16/h4-6,10H,1-3,7-9,15H2. The van der Waals surface area contributed by atoms with Crippen molar-refractivity contribution < 1.29 is 8.42 Å². The predicted octanol–water partition coefficient (Wildman–Crippen LogP) is 1.88. The van der Waals surface area contributed by atoms with Crippen molar-refractivity contribution in [3.63, 3.8) is 0 Å². The van der Waals surface area contributed by atoms with Crippen molar-refractivity contribution in [2.75, 3.05) is 25.4 Å². The first-order valence-electron chi connectivity index (χ1n) is 6.65. The summed E-state index contributed by atoms with van der Waals surface area (Å²) in [5, 5.41) is 1.39. The first-order chi connectivity index (χ1) is 9.08. The largest absolute Gasteiger partial charge is 0.398 e. The Balaban J connectivity index is 1.95. The van der Waals surface area contributed by atoms with Crippen LogP contribution >= 0.6 is 0 Å². The number of hydrogen-bond donors (Lipinski definition) is 1. The normalized spacial score (nSPS) is 22.0. The van der Waals surface area contributed by atoms with Crippen LogP contribution < -0.4 is 5.73 Å². The average Bonchev–Trinajstić information content (AvgIpc) is 2.63. The van der Waals surface area contributed by atoms with Gasteiger partial charge in [0.2, 0.25) is 9.84 Å². The number of anilines is 1. The van der Waals surface area contributed by atoms with E-state index in [9.17, 15) is 8.42 Å². The highest BCUT2D eigenvalue weighted by Crippen LogP contribution is 2.37. The molecule has 0 spiro atoms. The average molecular weight is 278 g/mol. The van der Waals surface area contributed by atoms with Gasteiger partial charge in [-0.2, -0.15) is 0 Å². The smallest absolute Gasteiger partial charge is 0.200 e. The van der Waals surface area contributed by atoms with Crippen LogP contribution in [0.25, 0.3) is 5.57 Å². The summed E-state index contributed by atoms with van der Waals surface area (Å²) in [6.07, 6.45) is 3.65. The molecule has 2 aliphatic heterocycles. The highest BCUT2D eigenvalue weighted by atomic mass is 32.2. The van der Waals surface area contributed by atoms with Crippen molar-refractivity contribution in [2.24, 2.45) is 0 Å². The fourth-order valence-electron chi connectivity index (χ4n) is 2.91. The Morgan fingerprint density at radius 3 is 2.63 bits per heavy atom. The second-order valence-electron chi connectivity index (χ2n) is 5.25. The zero-order valence-electron chi connectivity index (χ0n) is 10.8. The predicted molar refractivity (Wildman–Crippen MR) is 76.3 cm³/mol. The lowest BCUT2D eigenvalue weighted by Gasteiger charge is -2.27. The van der Waals surface area contributed by atoms with Gasteiger partial charge in [-0.15, -0.1) is 0 Å². The van der Waals surface area contributed by atoms with Crippen molar-refractivity contribution in [1.82, 2.24) is 4.90 Å². The molecular formula is C14H18N2O2S. The second-order valence-corrected chi connectivity index (χ2v) is 7.01. The van der Waals surface area contributed by atoms with Crippen LogP contribution in [0.4, 0.5) is 5.69 Å². The molecular weight excluding hydrogens is 260 g/mol. The first kappa shape index (κ1) is 12.7. The van der Waals surface area contributed by atoms with Gasteiger partial charge in [0.05, 0.1) is 4.90 Å². The maximum absolute atomic E-state index is 12.1. The van der Waals surface area contributed by atoms with E-state index in [-0.39, 0.29) is 0 Å². The Morgan fingerprint density at radius 1 is 1.16 bits per heavy atom. The van der Waals surface area contributed by atoms with Crippen LogP contribution in [0.3, 0.4) is 0 Å². The summed E-state index contributed by atoms with van der Waals surface area (Å²) < 4.78 is 24.2. The molecule has 0 unspecified atom stereocenters. The topological polar surface area (TPSA) is 63.4 Å². The molecule has 0 atom stereocenters. The number of hydrogen-bond acceptors (Lipinski definition) is 4. The van der Waals surface area contributed by atoms with Gasteiger partial charge in [-0.1, -0.05) is 12.5 Å². The Bertz CT molecular complexity index is 629. The van der Waals surface area contributed by atoms with Crippen LogP contribution in [-0.4, -0.2) is 33.0 Å². The van der Waals surface area contributed by atoms with Gasteiger partial charge in [0.1, 0.15) is 0 Å². The molecule has 1 aromatic rings. The van der Waals surface area contributed by atoms with Crippen LogP contribution in [0.1, 0.15) is 24.8 Å². The van der Waals surface area contributed by atoms with Gasteiger partial charge in [-0.3, -0.25) is 4.90 Å². The SMILES string of the molecule is Nc1cccc2c1C(CN1CCCCC1)=CS2(=O)=O. The first-order valence-corrected chi connectivity index (χ1v) is 8.19. The number of likely N-dealkylation sites (tertiary alicyclic amines) is 1. The third kappa shape index (κ3) is 2.28. The lowest BCUT2D eigenvalue weighted by Crippen LogP contribution is -2.31. The lowest BCUT2D eigenvalue weighted by molar-refractivity contribution is 0.255. The summed E-state index contributed by atoms with van der Waals surface area (Å²) in [5.41, 5.74) is 8.08. The van der Waals surface area contributed by atoms with Gasteiger partial charge in [-0.25, -0.2) is 8.42 Å². The zero-order chi connectivity index (χ0) is 13.5. The van der Waals surface area contributed by atoms with Crippen LogP contribution in [0.15, 0.2) is 28.5 Å². The molecule has 2 heterocycles. The van der Waals surface area contributed by atoms with Gasteiger partial charge >= 0.3 is 0 Å². The van der Waals surface area contributed by atoms with E-state index in [0.29, 0.717) is 22.7 Å². The van der Waals surface area contributed by atoms with Crippen LogP contribution in [0, 0.1) is 0 Å². The van der Waals surface area contributed by atoms with E-state index in [1.54, 1.807) is 18.2 Å². The minimum absolute atomic E-state index is 0.361. The summed E-state index contributed by atoms with van der Waals surface area (Å²) in [5.74, 6) is 0. The third-order valence-electron chi connectivity index (χ3n) is 3.83. The maximum Gasteiger partial charge on any atom is 0.200 e. The minimum Gasteiger partial charge on any atom is -0.398 e. The monoisotopic (exact) mass is 278 g/mol. The van der Waals surface area contributed by atoms with Gasteiger partial charge in [0, 0.05) is 23.2 Å². The van der Waals surface area contributed by atoms with E-state index in [0.717, 1.165) is 18.7 Å². The van der Waals surface area contributed by atoms with Crippen molar-refractivity contribution >= 4 is 21.1 Å². The molecule has 2 N–H and O–H groups in total. The molecule has 5 heteroatoms. The number of benzene rings is 1. The molecule has 1 aromatic carbocycles. The Labute approximate surface area is 113 Å². The van der Waals surface area contributed by atoms with Crippen LogP contribution in [0.5, 0.6) is 0 Å². The summed E-state index contributed by atoms with van der Waals surface area (Å²) in [6.45, 7) is 2.76. The number of piperidine rings is 1. The number of nitrogen functional groups attached to an aromatic ring is 1. The van der Waals surface area contributed by atoms with E-state index in [1.165, 1.54) is 24.7 Å². The van der Waals surface area contributed by atoms with Crippen molar-refractivity contribution in [3.8, 4) is 0 Å². The Hall–Kier alpha value is -1.33. The van der Waals surface area contributed by atoms with Crippen molar-refractivity contribution in [1.29, 1.82) is 0 Å². The second kappa shape index (κ2) is 4.65. The van der Waals surface area contributed by atoms with Crippen LogP contribution in [-0.2, 0) is 9.84 Å². The number of fused-ring (bicyclic) bond motifs is 1. The van der Waals surface area contributed by atoms with Gasteiger partial charge < -0.3 is 5.73 Å². The number of nitrogens with zero attached hydrogens (tertiary/aromatic N) is 1. The molecule has 0 aliphatic carbocycles. The van der Waals surface area contributed by atoms with Gasteiger partial charge in [0.15, 0.2) is 0 Å². The maximum atomic E-state index is 12.1. The summed E-state index contributed by atoms with van der Waals surface area (Å²) >= 11 is 0. The van der Waals surface area contributed by atoms with E-state index < -0.39 is 9.84 Å². The quantitative estimate of drug-likeness (QED) is 0.839. The molecule has 0 amide bonds. The summed E-state index contributed by atoms with van der Waals surface area (Å²) in [6, 6.07) is 5.10. The lowest BCUT2D eigenvalue weighted by atomic mass is 10.0. The molecule has 0 saturated carbocycles. The summed E-state index contributed by atoms with van der Waals surface area (Å²) in [7, 11) is -3.30. The van der Waals surface area contributed by atoms with Gasteiger partial charge in [-0.05, 0) is 43.6 Å². The molecule has 0 radical (unpaired) electrons. The molecule has 2 aliphatic rings. The number of rotatable bonds is 2. The number of nitrogens with two attached hydrogens (primary N) is 1. The highest BCUT2D eigenvalue weighted by Gasteiger charge is 2.29. The third-order valence-corrected chi connectivity index (χ3v) is 5.37. The van der Waals surface area contributed by atoms with Crippen molar-refractivity contribution in [3.05, 3.63) is 29.2 Å².